The van der Waals surface area contributed by atoms with Crippen LogP contribution in [-0.2, 0) is 0 Å². The van der Waals surface area contributed by atoms with Crippen molar-refractivity contribution in [3.8, 4) is 28.3 Å². The molecule has 0 N–H and O–H groups in total. The van der Waals surface area contributed by atoms with Crippen LogP contribution in [0.4, 0.5) is 0 Å². The minimum absolute atomic E-state index is 0.586. The normalized spacial score (nSPS) is 13.7. The van der Waals surface area contributed by atoms with Gasteiger partial charge in [0.25, 0.3) is 0 Å². The number of benzene rings is 2. The predicted octanol–water partition coefficient (Wildman–Crippen LogP) is 5.24. The van der Waals surface area contributed by atoms with Crippen molar-refractivity contribution in [3.63, 3.8) is 0 Å². The van der Waals surface area contributed by atoms with Crippen molar-refractivity contribution in [2.24, 2.45) is 0 Å². The van der Waals surface area contributed by atoms with Crippen LogP contribution in [0.25, 0.3) is 33.3 Å². The quantitative estimate of drug-likeness (QED) is 0.503. The zero-order valence-corrected chi connectivity index (χ0v) is 15.1. The minimum atomic E-state index is 0.586. The van der Waals surface area contributed by atoms with E-state index >= 15 is 0 Å². The van der Waals surface area contributed by atoms with Gasteiger partial charge in [0, 0.05) is 17.3 Å². The summed E-state index contributed by atoms with van der Waals surface area (Å²) in [4.78, 5) is 13.3. The molecule has 0 atom stereocenters. The Kier molecular flexibility index (Phi) is 3.82. The first-order valence-electron chi connectivity index (χ1n) is 9.18. The highest BCUT2D eigenvalue weighted by Crippen LogP contribution is 2.42. The number of hydrogen-bond donors (Lipinski definition) is 0. The number of rotatable bonds is 4. The van der Waals surface area contributed by atoms with Crippen LogP contribution in [0, 0.1) is 0 Å². The van der Waals surface area contributed by atoms with E-state index in [0.29, 0.717) is 5.88 Å². The van der Waals surface area contributed by atoms with Crippen LogP contribution >= 0.6 is 0 Å². The monoisotopic (exact) mass is 353 g/mol. The molecule has 1 fully saturated rings. The second-order valence-electron chi connectivity index (χ2n) is 6.91. The van der Waals surface area contributed by atoms with Crippen LogP contribution in [0.3, 0.4) is 0 Å². The molecule has 0 amide bonds. The van der Waals surface area contributed by atoms with Crippen molar-refractivity contribution >= 4 is 10.9 Å². The number of hydrogen-bond acceptors (Lipinski definition) is 4. The first-order chi connectivity index (χ1) is 13.3. The van der Waals surface area contributed by atoms with E-state index in [2.05, 4.69) is 52.4 Å². The zero-order chi connectivity index (χ0) is 18.2. The van der Waals surface area contributed by atoms with Crippen LogP contribution in [0.15, 0.2) is 67.1 Å². The predicted molar refractivity (Wildman–Crippen MR) is 107 cm³/mol. The molecule has 27 heavy (non-hydrogen) atoms. The summed E-state index contributed by atoms with van der Waals surface area (Å²) >= 11 is 0. The van der Waals surface area contributed by atoms with Gasteiger partial charge in [-0.05, 0) is 54.2 Å². The molecule has 1 aliphatic carbocycles. The summed E-state index contributed by atoms with van der Waals surface area (Å²) in [5.41, 5.74) is 6.61. The molecule has 4 aromatic rings. The van der Waals surface area contributed by atoms with E-state index in [-0.39, 0.29) is 0 Å². The van der Waals surface area contributed by atoms with Gasteiger partial charge in [0.05, 0.1) is 23.7 Å². The van der Waals surface area contributed by atoms with Crippen molar-refractivity contribution in [3.05, 3.63) is 72.7 Å². The fourth-order valence-electron chi connectivity index (χ4n) is 3.59. The topological polar surface area (TPSA) is 47.9 Å². The summed E-state index contributed by atoms with van der Waals surface area (Å²) in [7, 11) is 1.63. The highest BCUT2D eigenvalue weighted by atomic mass is 16.5. The van der Waals surface area contributed by atoms with Crippen molar-refractivity contribution in [1.29, 1.82) is 0 Å². The Balaban J connectivity index is 1.66. The SMILES string of the molecule is COc1ncnc2ccc(-c3cccnc3-c3cccc(C4CC4)c3)cc12. The maximum Gasteiger partial charge on any atom is 0.224 e. The Labute approximate surface area is 157 Å². The molecular formula is C23H19N3O. The number of aromatic nitrogens is 3. The first kappa shape index (κ1) is 15.9. The largest absolute Gasteiger partial charge is 0.480 e. The molecule has 0 unspecified atom stereocenters. The molecule has 0 bridgehead atoms. The number of ether oxygens (including phenoxy) is 1. The van der Waals surface area contributed by atoms with Crippen LogP contribution < -0.4 is 4.74 Å². The lowest BCUT2D eigenvalue weighted by Crippen LogP contribution is -1.93. The second-order valence-corrected chi connectivity index (χ2v) is 6.91. The molecule has 2 aromatic heterocycles. The average Bonchev–Trinajstić information content (AvgIpc) is 3.58. The van der Waals surface area contributed by atoms with E-state index in [1.54, 1.807) is 7.11 Å². The summed E-state index contributed by atoms with van der Waals surface area (Å²) < 4.78 is 5.42. The van der Waals surface area contributed by atoms with Crippen LogP contribution in [0.5, 0.6) is 5.88 Å². The highest BCUT2D eigenvalue weighted by molar-refractivity contribution is 5.91. The number of nitrogens with zero attached hydrogens (tertiary/aromatic N) is 3. The van der Waals surface area contributed by atoms with E-state index in [1.165, 1.54) is 24.7 Å². The average molecular weight is 353 g/mol. The molecule has 2 aromatic carbocycles. The molecule has 0 spiro atoms. The van der Waals surface area contributed by atoms with Gasteiger partial charge in [-0.1, -0.05) is 30.3 Å². The van der Waals surface area contributed by atoms with E-state index < -0.39 is 0 Å². The van der Waals surface area contributed by atoms with Gasteiger partial charge in [0.15, 0.2) is 0 Å². The number of methoxy groups -OCH3 is 1. The molecule has 4 heteroatoms. The maximum absolute atomic E-state index is 5.42. The third-order valence-electron chi connectivity index (χ3n) is 5.12. The summed E-state index contributed by atoms with van der Waals surface area (Å²) in [6.45, 7) is 0. The van der Waals surface area contributed by atoms with Gasteiger partial charge in [-0.3, -0.25) is 4.98 Å². The Hall–Kier alpha value is -3.27. The molecular weight excluding hydrogens is 334 g/mol. The minimum Gasteiger partial charge on any atom is -0.480 e. The van der Waals surface area contributed by atoms with Gasteiger partial charge in [-0.25, -0.2) is 9.97 Å². The van der Waals surface area contributed by atoms with Gasteiger partial charge in [-0.2, -0.15) is 0 Å². The van der Waals surface area contributed by atoms with Crippen molar-refractivity contribution in [1.82, 2.24) is 15.0 Å². The lowest BCUT2D eigenvalue weighted by atomic mass is 9.96. The van der Waals surface area contributed by atoms with Crippen molar-refractivity contribution < 1.29 is 4.74 Å². The second kappa shape index (κ2) is 6.47. The Morgan fingerprint density at radius 3 is 2.67 bits per heavy atom. The Bertz CT molecular complexity index is 1140. The summed E-state index contributed by atoms with van der Waals surface area (Å²) in [6.07, 6.45) is 5.97. The van der Waals surface area contributed by atoms with E-state index in [9.17, 15) is 0 Å². The molecule has 1 saturated carbocycles. The first-order valence-corrected chi connectivity index (χ1v) is 9.18. The van der Waals surface area contributed by atoms with Gasteiger partial charge >= 0.3 is 0 Å². The summed E-state index contributed by atoms with van der Waals surface area (Å²) in [5.74, 6) is 1.31. The third kappa shape index (κ3) is 2.93. The lowest BCUT2D eigenvalue weighted by Gasteiger charge is -2.11. The smallest absolute Gasteiger partial charge is 0.224 e. The van der Waals surface area contributed by atoms with Gasteiger partial charge < -0.3 is 4.74 Å². The fraction of sp³-hybridized carbons (Fsp3) is 0.174. The summed E-state index contributed by atoms with van der Waals surface area (Å²) in [6, 6.07) is 19.1. The Morgan fingerprint density at radius 2 is 1.81 bits per heavy atom. The molecule has 0 radical (unpaired) electrons. The molecule has 2 heterocycles. The van der Waals surface area contributed by atoms with E-state index in [4.69, 9.17) is 9.72 Å². The molecule has 0 saturated heterocycles. The van der Waals surface area contributed by atoms with Gasteiger partial charge in [-0.15, -0.1) is 0 Å². The number of fused-ring (bicyclic) bond motifs is 1. The highest BCUT2D eigenvalue weighted by Gasteiger charge is 2.23. The standard InChI is InChI=1S/C23H19N3O/c1-27-23-20-13-17(9-10-21(20)25-14-26-23)19-6-3-11-24-22(19)18-5-2-4-16(12-18)15-7-8-15/h2-6,9-15H,7-8H2,1H3. The van der Waals surface area contributed by atoms with Crippen LogP contribution in [0.2, 0.25) is 0 Å². The summed E-state index contributed by atoms with van der Waals surface area (Å²) in [5, 5.41) is 0.902. The molecule has 0 aliphatic heterocycles. The maximum atomic E-state index is 5.42. The lowest BCUT2D eigenvalue weighted by molar-refractivity contribution is 0.402. The molecule has 5 rings (SSSR count). The van der Waals surface area contributed by atoms with Crippen molar-refractivity contribution in [2.75, 3.05) is 7.11 Å². The van der Waals surface area contributed by atoms with Crippen LogP contribution in [-0.4, -0.2) is 22.1 Å². The van der Waals surface area contributed by atoms with E-state index in [1.807, 2.05) is 18.3 Å². The van der Waals surface area contributed by atoms with E-state index in [0.717, 1.165) is 39.2 Å². The fourth-order valence-corrected chi connectivity index (χ4v) is 3.59. The van der Waals surface area contributed by atoms with Crippen LogP contribution in [0.1, 0.15) is 24.3 Å². The zero-order valence-electron chi connectivity index (χ0n) is 15.1. The molecule has 132 valence electrons. The Morgan fingerprint density at radius 1 is 0.889 bits per heavy atom. The molecule has 4 nitrogen and oxygen atoms in total. The number of pyridine rings is 1. The van der Waals surface area contributed by atoms with Gasteiger partial charge in [0.2, 0.25) is 5.88 Å². The van der Waals surface area contributed by atoms with Crippen molar-refractivity contribution in [2.45, 2.75) is 18.8 Å². The third-order valence-corrected chi connectivity index (χ3v) is 5.12. The molecule has 1 aliphatic rings. The van der Waals surface area contributed by atoms with Gasteiger partial charge in [0.1, 0.15) is 6.33 Å².